The quantitative estimate of drug-likeness (QED) is 0.0355. The summed E-state index contributed by atoms with van der Waals surface area (Å²) < 4.78 is 62.4. The van der Waals surface area contributed by atoms with Crippen molar-refractivity contribution in [3.8, 4) is 0 Å². The second-order valence-electron chi connectivity index (χ2n) is 16.4. The number of nitrogens with zero attached hydrogens (tertiary/aromatic N) is 4. The Bertz CT molecular complexity index is 1980. The standard InChI is InChI=1S/C37H66N7O18P3S/c1-37(2,32(49)35(50)40-18-17-27(46)39-19-21-66-28(47)16-14-12-10-8-6-4-3-5-7-9-11-13-15-20-45)23-59-65(56,57)62-64(54,55)58-22-26-31(61-63(51,52)53)30(48)36(60-26)44-25-43-29-33(38)41-24-42-34(29)44/h24-26,30-32,36,45,48-49H,3-23H2,1-2H3,(H,39,46)(H,40,50)(H,54,55)(H,56,57)(H2,38,41,42)(H2,51,52,53)/t26-,30-,31-,32?,36-/m1/s1. The number of carbonyl (C=O) groups is 3. The fourth-order valence-corrected chi connectivity index (χ4v) is 10.2. The maximum atomic E-state index is 12.7. The maximum Gasteiger partial charge on any atom is 0.481 e. The van der Waals surface area contributed by atoms with Crippen LogP contribution >= 0.6 is 35.2 Å². The lowest BCUT2D eigenvalue weighted by Gasteiger charge is -2.30. The molecule has 3 unspecified atom stereocenters. The van der Waals surface area contributed by atoms with Gasteiger partial charge >= 0.3 is 23.5 Å². The Hall–Kier alpha value is -2.48. The highest BCUT2D eigenvalue weighted by atomic mass is 32.2. The Labute approximate surface area is 387 Å². The summed E-state index contributed by atoms with van der Waals surface area (Å²) in [7, 11) is -16.4. The van der Waals surface area contributed by atoms with Crippen LogP contribution in [0.5, 0.6) is 0 Å². The van der Waals surface area contributed by atoms with E-state index in [1.165, 1.54) is 58.8 Å². The summed E-state index contributed by atoms with van der Waals surface area (Å²) in [4.78, 5) is 88.3. The summed E-state index contributed by atoms with van der Waals surface area (Å²) in [5.41, 5.74) is 4.28. The number of thioether (sulfide) groups is 1. The molecule has 0 aliphatic carbocycles. The molecular formula is C37H66N7O18P3S. The lowest BCUT2D eigenvalue weighted by molar-refractivity contribution is -0.137. The molecule has 2 aromatic rings. The minimum atomic E-state index is -5.58. The van der Waals surface area contributed by atoms with Crippen LogP contribution < -0.4 is 16.4 Å². The number of amides is 2. The van der Waals surface area contributed by atoms with E-state index in [9.17, 15) is 57.9 Å². The summed E-state index contributed by atoms with van der Waals surface area (Å²) >= 11 is 1.14. The summed E-state index contributed by atoms with van der Waals surface area (Å²) in [5.74, 6) is -1.04. The molecule has 7 atom stereocenters. The van der Waals surface area contributed by atoms with Crippen molar-refractivity contribution in [1.82, 2.24) is 30.2 Å². The molecule has 1 aliphatic heterocycles. The third kappa shape index (κ3) is 21.0. The van der Waals surface area contributed by atoms with Crippen molar-refractivity contribution in [2.24, 2.45) is 5.41 Å². The van der Waals surface area contributed by atoms with Gasteiger partial charge in [0.25, 0.3) is 0 Å². The summed E-state index contributed by atoms with van der Waals surface area (Å²) in [6.07, 6.45) is 8.28. The number of imidazole rings is 1. The minimum absolute atomic E-state index is 0.0314. The van der Waals surface area contributed by atoms with Gasteiger partial charge in [-0.2, -0.15) is 4.31 Å². The number of rotatable bonds is 34. The number of carbonyl (C=O) groups excluding carboxylic acids is 3. The number of nitrogens with one attached hydrogen (secondary N) is 2. The molecule has 0 saturated carbocycles. The van der Waals surface area contributed by atoms with Crippen molar-refractivity contribution in [1.29, 1.82) is 0 Å². The van der Waals surface area contributed by atoms with Crippen LogP contribution in [-0.4, -0.2) is 134 Å². The van der Waals surface area contributed by atoms with E-state index in [0.717, 1.165) is 67.5 Å². The van der Waals surface area contributed by atoms with Crippen molar-refractivity contribution < 1.29 is 85.6 Å². The van der Waals surface area contributed by atoms with Crippen LogP contribution in [-0.2, 0) is 50.7 Å². The summed E-state index contributed by atoms with van der Waals surface area (Å²) in [5, 5.41) is 35.4. The van der Waals surface area contributed by atoms with E-state index in [1.54, 1.807) is 0 Å². The van der Waals surface area contributed by atoms with Gasteiger partial charge in [0.15, 0.2) is 22.8 Å². The lowest BCUT2D eigenvalue weighted by Crippen LogP contribution is -2.46. The topological polar surface area (TPSA) is 384 Å². The molecule has 1 aliphatic rings. The molecule has 2 amide bonds. The Morgan fingerprint density at radius 1 is 0.864 bits per heavy atom. The average molecular weight is 1020 g/mol. The predicted octanol–water partition coefficient (Wildman–Crippen LogP) is 3.12. The van der Waals surface area contributed by atoms with Crippen LogP contribution in [0.25, 0.3) is 11.2 Å². The first-order valence-corrected chi connectivity index (χ1v) is 27.2. The number of anilines is 1. The molecule has 3 rings (SSSR count). The molecule has 3 heterocycles. The number of phosphoric acid groups is 3. The van der Waals surface area contributed by atoms with Crippen LogP contribution in [0.3, 0.4) is 0 Å². The molecule has 66 heavy (non-hydrogen) atoms. The Kier molecular flexibility index (Phi) is 24.8. The maximum absolute atomic E-state index is 12.7. The van der Waals surface area contributed by atoms with Gasteiger partial charge in [0.05, 0.1) is 19.5 Å². The molecule has 0 aromatic carbocycles. The van der Waals surface area contributed by atoms with Crippen LogP contribution in [0.2, 0.25) is 0 Å². The Balaban J connectivity index is 1.31. The normalized spacial score (nSPS) is 20.2. The smallest absolute Gasteiger partial charge is 0.396 e. The number of ether oxygens (including phenoxy) is 1. The third-order valence-electron chi connectivity index (χ3n) is 10.3. The number of unbranched alkanes of at least 4 members (excludes halogenated alkanes) is 12. The fraction of sp³-hybridized carbons (Fsp3) is 0.784. The minimum Gasteiger partial charge on any atom is -0.396 e. The largest absolute Gasteiger partial charge is 0.481 e. The van der Waals surface area contributed by atoms with Crippen LogP contribution in [0.4, 0.5) is 5.82 Å². The number of nitrogen functional groups attached to an aromatic ring is 1. The molecule has 29 heteroatoms. The van der Waals surface area contributed by atoms with E-state index in [-0.39, 0.29) is 48.2 Å². The number of hydrogen-bond acceptors (Lipinski definition) is 19. The van der Waals surface area contributed by atoms with Crippen LogP contribution in [0, 0.1) is 5.41 Å². The zero-order chi connectivity index (χ0) is 49.0. The number of fused-ring (bicyclic) bond motifs is 1. The summed E-state index contributed by atoms with van der Waals surface area (Å²) in [6.45, 7) is 0.828. The molecule has 2 aromatic heterocycles. The second-order valence-corrected chi connectivity index (χ2v) is 21.7. The van der Waals surface area contributed by atoms with Gasteiger partial charge < -0.3 is 56.0 Å². The first kappa shape index (κ1) is 57.8. The van der Waals surface area contributed by atoms with Gasteiger partial charge in [0.1, 0.15) is 36.3 Å². The van der Waals surface area contributed by atoms with E-state index in [0.29, 0.717) is 12.2 Å². The molecule has 0 bridgehead atoms. The van der Waals surface area contributed by atoms with E-state index < -0.39 is 84.6 Å². The SMILES string of the molecule is CC(C)(COP(=O)(O)OP(=O)(O)OC[C@H]1O[C@@H](n2cnc3c(N)ncnc32)[C@H](O)[C@@H]1OP(=O)(O)O)C(O)C(=O)NCCC(=O)NCCSC(=O)CCCCCCCCCCCCCCCO. The predicted molar refractivity (Wildman–Crippen MR) is 239 cm³/mol. The number of aliphatic hydroxyl groups is 3. The zero-order valence-corrected chi connectivity index (χ0v) is 40.6. The molecule has 0 radical (unpaired) electrons. The zero-order valence-electron chi connectivity index (χ0n) is 37.1. The van der Waals surface area contributed by atoms with Gasteiger partial charge in [-0.1, -0.05) is 96.2 Å². The molecule has 11 N–H and O–H groups in total. The van der Waals surface area contributed by atoms with Gasteiger partial charge in [-0.05, 0) is 12.8 Å². The number of aliphatic hydroxyl groups excluding tert-OH is 3. The highest BCUT2D eigenvalue weighted by molar-refractivity contribution is 8.13. The van der Waals surface area contributed by atoms with E-state index in [4.69, 9.17) is 24.6 Å². The van der Waals surface area contributed by atoms with Crippen molar-refractivity contribution in [3.63, 3.8) is 0 Å². The molecule has 1 fully saturated rings. The van der Waals surface area contributed by atoms with Crippen LogP contribution in [0.1, 0.15) is 116 Å². The number of hydrogen-bond donors (Lipinski definition) is 10. The van der Waals surface area contributed by atoms with Gasteiger partial charge in [-0.25, -0.2) is 28.6 Å². The van der Waals surface area contributed by atoms with E-state index >= 15 is 0 Å². The number of nitrogens with two attached hydrogens (primary N) is 1. The monoisotopic (exact) mass is 1020 g/mol. The molecule has 25 nitrogen and oxygen atoms in total. The number of aromatic nitrogens is 4. The second kappa shape index (κ2) is 28.3. The first-order valence-electron chi connectivity index (χ1n) is 21.7. The molecule has 378 valence electrons. The van der Waals surface area contributed by atoms with Crippen molar-refractivity contribution in [2.45, 2.75) is 141 Å². The van der Waals surface area contributed by atoms with Crippen molar-refractivity contribution in [3.05, 3.63) is 12.7 Å². The summed E-state index contributed by atoms with van der Waals surface area (Å²) in [6, 6.07) is 0. The third-order valence-corrected chi connectivity index (χ3v) is 14.3. The molecular weight excluding hydrogens is 955 g/mol. The highest BCUT2D eigenvalue weighted by Gasteiger charge is 2.50. The van der Waals surface area contributed by atoms with Crippen LogP contribution in [0.15, 0.2) is 12.7 Å². The van der Waals surface area contributed by atoms with Gasteiger partial charge in [0.2, 0.25) is 11.8 Å². The fourth-order valence-electron chi connectivity index (χ4n) is 6.69. The molecule has 1 saturated heterocycles. The van der Waals surface area contributed by atoms with Gasteiger partial charge in [-0.15, -0.1) is 0 Å². The Morgan fingerprint density at radius 3 is 2.06 bits per heavy atom. The molecule has 0 spiro atoms. The Morgan fingerprint density at radius 2 is 1.45 bits per heavy atom. The lowest BCUT2D eigenvalue weighted by atomic mass is 9.87. The van der Waals surface area contributed by atoms with Gasteiger partial charge in [-0.3, -0.25) is 32.5 Å². The van der Waals surface area contributed by atoms with Crippen molar-refractivity contribution >= 4 is 69.1 Å². The van der Waals surface area contributed by atoms with E-state index in [1.807, 2.05) is 0 Å². The van der Waals surface area contributed by atoms with E-state index in [2.05, 4.69) is 34.4 Å². The van der Waals surface area contributed by atoms with Crippen molar-refractivity contribution in [2.75, 3.05) is 44.4 Å². The number of phosphoric ester groups is 3. The van der Waals surface area contributed by atoms with Gasteiger partial charge in [0, 0.05) is 43.7 Å². The highest BCUT2D eigenvalue weighted by Crippen LogP contribution is 2.61. The average Bonchev–Trinajstić information content (AvgIpc) is 3.80. The first-order chi connectivity index (χ1) is 31.1.